The fourth-order valence-electron chi connectivity index (χ4n) is 1.94. The Kier molecular flexibility index (Phi) is 3.08. The zero-order chi connectivity index (χ0) is 12.4. The van der Waals surface area contributed by atoms with E-state index in [1.54, 1.807) is 6.92 Å². The van der Waals surface area contributed by atoms with E-state index in [0.29, 0.717) is 25.2 Å². The van der Waals surface area contributed by atoms with Gasteiger partial charge in [0, 0.05) is 13.1 Å². The lowest BCUT2D eigenvalue weighted by atomic mass is 9.98. The molecule has 1 aliphatic rings. The molecule has 0 aliphatic carbocycles. The highest BCUT2D eigenvalue weighted by Gasteiger charge is 2.29. The third kappa shape index (κ3) is 2.43. The maximum Gasteiger partial charge on any atom is 0.308 e. The molecule has 1 aliphatic heterocycles. The fraction of sp³-hybridized carbons (Fsp3) is 0.600. The van der Waals surface area contributed by atoms with Gasteiger partial charge in [0.05, 0.1) is 5.92 Å². The quantitative estimate of drug-likeness (QED) is 0.758. The van der Waals surface area contributed by atoms with Gasteiger partial charge in [-0.3, -0.25) is 14.7 Å². The molecule has 1 saturated heterocycles. The van der Waals surface area contributed by atoms with Crippen molar-refractivity contribution in [1.29, 1.82) is 0 Å². The van der Waals surface area contributed by atoms with E-state index in [0.717, 1.165) is 0 Å². The summed E-state index contributed by atoms with van der Waals surface area (Å²) in [4.78, 5) is 28.3. The molecule has 1 aromatic rings. The van der Waals surface area contributed by atoms with Crippen LogP contribution in [-0.2, 0) is 4.79 Å². The number of aromatic nitrogens is 3. The number of piperidine rings is 1. The second kappa shape index (κ2) is 4.52. The van der Waals surface area contributed by atoms with Crippen LogP contribution in [0.15, 0.2) is 0 Å². The lowest BCUT2D eigenvalue weighted by molar-refractivity contribution is -0.143. The molecule has 2 N–H and O–H groups in total. The Morgan fingerprint density at radius 1 is 1.53 bits per heavy atom. The van der Waals surface area contributed by atoms with Gasteiger partial charge in [-0.15, -0.1) is 5.10 Å². The zero-order valence-electron chi connectivity index (χ0n) is 9.51. The Balaban J connectivity index is 2.07. The molecule has 1 aromatic heterocycles. The van der Waals surface area contributed by atoms with Crippen LogP contribution in [0.3, 0.4) is 0 Å². The highest BCUT2D eigenvalue weighted by molar-refractivity contribution is 5.90. The highest BCUT2D eigenvalue weighted by atomic mass is 16.4. The van der Waals surface area contributed by atoms with Crippen LogP contribution in [0.1, 0.15) is 29.3 Å². The number of carbonyl (C=O) groups excluding carboxylic acids is 1. The summed E-state index contributed by atoms with van der Waals surface area (Å²) in [5.41, 5.74) is 0. The maximum absolute atomic E-state index is 12.0. The van der Waals surface area contributed by atoms with Crippen molar-refractivity contribution < 1.29 is 14.7 Å². The van der Waals surface area contributed by atoms with Crippen LogP contribution in [0.25, 0.3) is 0 Å². The molecule has 0 bridgehead atoms. The number of nitrogens with one attached hydrogen (secondary N) is 1. The van der Waals surface area contributed by atoms with Gasteiger partial charge in [-0.2, -0.15) is 0 Å². The molecule has 2 rings (SSSR count). The molecule has 1 atom stereocenters. The molecule has 1 fully saturated rings. The molecule has 0 spiro atoms. The van der Waals surface area contributed by atoms with Gasteiger partial charge in [0.25, 0.3) is 5.91 Å². The average Bonchev–Trinajstić information content (AvgIpc) is 2.75. The first-order valence-electron chi connectivity index (χ1n) is 5.49. The van der Waals surface area contributed by atoms with Gasteiger partial charge in [-0.25, -0.2) is 4.98 Å². The van der Waals surface area contributed by atoms with E-state index in [4.69, 9.17) is 5.11 Å². The second-order valence-corrected chi connectivity index (χ2v) is 4.17. The third-order valence-corrected chi connectivity index (χ3v) is 2.85. The summed E-state index contributed by atoms with van der Waals surface area (Å²) in [5, 5.41) is 15.3. The van der Waals surface area contributed by atoms with E-state index >= 15 is 0 Å². The topological polar surface area (TPSA) is 99.2 Å². The SMILES string of the molecule is Cc1nc(C(=O)N2CCC[C@@H](C(=O)O)C2)n[nH]1. The van der Waals surface area contributed by atoms with Crippen LogP contribution in [0.4, 0.5) is 0 Å². The van der Waals surface area contributed by atoms with E-state index in [-0.39, 0.29) is 18.3 Å². The fourth-order valence-corrected chi connectivity index (χ4v) is 1.94. The van der Waals surface area contributed by atoms with Gasteiger partial charge in [-0.1, -0.05) is 0 Å². The van der Waals surface area contributed by atoms with Gasteiger partial charge in [0.2, 0.25) is 5.82 Å². The summed E-state index contributed by atoms with van der Waals surface area (Å²) in [5.74, 6) is -0.963. The van der Waals surface area contributed by atoms with Crippen LogP contribution >= 0.6 is 0 Å². The van der Waals surface area contributed by atoms with Gasteiger partial charge in [0.1, 0.15) is 5.82 Å². The lowest BCUT2D eigenvalue weighted by Crippen LogP contribution is -2.42. The number of hydrogen-bond acceptors (Lipinski definition) is 4. The van der Waals surface area contributed by atoms with Crippen LogP contribution in [-0.4, -0.2) is 50.2 Å². The summed E-state index contributed by atoms with van der Waals surface area (Å²) in [6, 6.07) is 0. The second-order valence-electron chi connectivity index (χ2n) is 4.17. The van der Waals surface area contributed by atoms with E-state index in [1.165, 1.54) is 4.90 Å². The standard InChI is InChI=1S/C10H14N4O3/c1-6-11-8(13-12-6)9(15)14-4-2-3-7(5-14)10(16)17/h7H,2-5H2,1H3,(H,16,17)(H,11,12,13)/t7-/m1/s1. The van der Waals surface area contributed by atoms with Crippen molar-refractivity contribution in [3.8, 4) is 0 Å². The van der Waals surface area contributed by atoms with E-state index in [2.05, 4.69) is 15.2 Å². The van der Waals surface area contributed by atoms with Crippen molar-refractivity contribution in [2.75, 3.05) is 13.1 Å². The maximum atomic E-state index is 12.0. The minimum Gasteiger partial charge on any atom is -0.481 e. The van der Waals surface area contributed by atoms with Crippen molar-refractivity contribution in [2.45, 2.75) is 19.8 Å². The van der Waals surface area contributed by atoms with Crippen molar-refractivity contribution >= 4 is 11.9 Å². The van der Waals surface area contributed by atoms with Crippen molar-refractivity contribution in [1.82, 2.24) is 20.1 Å². The molecule has 17 heavy (non-hydrogen) atoms. The Labute approximate surface area is 97.8 Å². The van der Waals surface area contributed by atoms with Gasteiger partial charge in [-0.05, 0) is 19.8 Å². The number of aromatic amines is 1. The highest BCUT2D eigenvalue weighted by Crippen LogP contribution is 2.17. The molecule has 0 unspecified atom stereocenters. The van der Waals surface area contributed by atoms with Gasteiger partial charge in [0.15, 0.2) is 0 Å². The number of rotatable bonds is 2. The Hall–Kier alpha value is -1.92. The van der Waals surface area contributed by atoms with Gasteiger partial charge < -0.3 is 10.0 Å². The van der Waals surface area contributed by atoms with Crippen molar-refractivity contribution in [3.63, 3.8) is 0 Å². The Morgan fingerprint density at radius 2 is 2.29 bits per heavy atom. The van der Waals surface area contributed by atoms with E-state index in [1.807, 2.05) is 0 Å². The summed E-state index contributed by atoms with van der Waals surface area (Å²) >= 11 is 0. The number of nitrogens with zero attached hydrogens (tertiary/aromatic N) is 3. The monoisotopic (exact) mass is 238 g/mol. The smallest absolute Gasteiger partial charge is 0.308 e. The number of H-pyrrole nitrogens is 1. The van der Waals surface area contributed by atoms with Crippen molar-refractivity contribution in [3.05, 3.63) is 11.6 Å². The third-order valence-electron chi connectivity index (χ3n) is 2.85. The predicted molar refractivity (Wildman–Crippen MR) is 57.4 cm³/mol. The Morgan fingerprint density at radius 3 is 2.88 bits per heavy atom. The molecule has 0 saturated carbocycles. The number of carbonyl (C=O) groups is 2. The number of aryl methyl sites for hydroxylation is 1. The summed E-state index contributed by atoms with van der Waals surface area (Å²) in [7, 11) is 0. The van der Waals surface area contributed by atoms with E-state index < -0.39 is 11.9 Å². The Bertz CT molecular complexity index is 443. The van der Waals surface area contributed by atoms with Crippen molar-refractivity contribution in [2.24, 2.45) is 5.92 Å². The lowest BCUT2D eigenvalue weighted by Gasteiger charge is -2.29. The molecule has 92 valence electrons. The minimum absolute atomic E-state index is 0.105. The van der Waals surface area contributed by atoms with E-state index in [9.17, 15) is 9.59 Å². The largest absolute Gasteiger partial charge is 0.481 e. The molecular weight excluding hydrogens is 224 g/mol. The molecule has 0 aromatic carbocycles. The summed E-state index contributed by atoms with van der Waals surface area (Å²) in [6.45, 7) is 2.51. The molecule has 7 nitrogen and oxygen atoms in total. The van der Waals surface area contributed by atoms with Crippen LogP contribution < -0.4 is 0 Å². The van der Waals surface area contributed by atoms with Crippen LogP contribution in [0.5, 0.6) is 0 Å². The number of amides is 1. The first-order chi connectivity index (χ1) is 8.08. The molecule has 1 amide bonds. The normalized spacial score (nSPS) is 20.3. The molecule has 7 heteroatoms. The number of aliphatic carboxylic acids is 1. The van der Waals surface area contributed by atoms with Crippen LogP contribution in [0.2, 0.25) is 0 Å². The molecule has 0 radical (unpaired) electrons. The first kappa shape index (κ1) is 11.6. The number of hydrogen-bond donors (Lipinski definition) is 2. The van der Waals surface area contributed by atoms with Gasteiger partial charge >= 0.3 is 5.97 Å². The first-order valence-corrected chi connectivity index (χ1v) is 5.49. The number of likely N-dealkylation sites (tertiary alicyclic amines) is 1. The number of carboxylic acid groups (broad SMARTS) is 1. The zero-order valence-corrected chi connectivity index (χ0v) is 9.51. The minimum atomic E-state index is -0.853. The average molecular weight is 238 g/mol. The molecular formula is C10H14N4O3. The predicted octanol–water partition coefficient (Wildman–Crippen LogP) is 0.0499. The molecule has 2 heterocycles. The summed E-state index contributed by atoms with van der Waals surface area (Å²) < 4.78 is 0. The van der Waals surface area contributed by atoms with Crippen LogP contribution in [0, 0.1) is 12.8 Å². The number of carboxylic acids is 1. The summed E-state index contributed by atoms with van der Waals surface area (Å²) in [6.07, 6.45) is 1.32.